The van der Waals surface area contributed by atoms with Crippen LogP contribution >= 0.6 is 12.2 Å². The molecule has 1 aromatic carbocycles. The van der Waals surface area contributed by atoms with Gasteiger partial charge in [0, 0.05) is 18.7 Å². The standard InChI is InChI=1S/C15H15F3N2O3S/c16-15(17,18)12(21)8-3-5-20(6-4-8)13(22)9-1-2-10-11(7-9)23-14(24)19-10/h1-2,7-8,12,21H,3-6H2,(H,19,24)/t12-/m1/s1. The minimum Gasteiger partial charge on any atom is -0.429 e. The van der Waals surface area contributed by atoms with Gasteiger partial charge in [0.25, 0.3) is 10.7 Å². The van der Waals surface area contributed by atoms with Crippen LogP contribution in [-0.2, 0) is 0 Å². The first-order valence-corrected chi connectivity index (χ1v) is 7.83. The average Bonchev–Trinajstić information content (AvgIpc) is 2.91. The van der Waals surface area contributed by atoms with Crippen molar-refractivity contribution in [2.24, 2.45) is 5.92 Å². The van der Waals surface area contributed by atoms with Gasteiger partial charge in [-0.2, -0.15) is 13.2 Å². The highest BCUT2D eigenvalue weighted by Crippen LogP contribution is 2.32. The van der Waals surface area contributed by atoms with Gasteiger partial charge < -0.3 is 19.4 Å². The number of nitrogens with one attached hydrogen (secondary N) is 1. The Morgan fingerprint density at radius 2 is 2.04 bits per heavy atom. The third-order valence-corrected chi connectivity index (χ3v) is 4.46. The number of fused-ring (bicyclic) bond motifs is 1. The van der Waals surface area contributed by atoms with Gasteiger partial charge in [-0.25, -0.2) is 0 Å². The van der Waals surface area contributed by atoms with Crippen LogP contribution in [0.25, 0.3) is 11.1 Å². The first kappa shape index (κ1) is 17.0. The minimum atomic E-state index is -4.63. The van der Waals surface area contributed by atoms with Gasteiger partial charge in [0.05, 0.1) is 5.52 Å². The molecule has 3 rings (SSSR count). The second-order valence-corrected chi connectivity index (χ2v) is 6.21. The Kier molecular flexibility index (Phi) is 4.39. The number of benzene rings is 1. The Morgan fingerprint density at radius 3 is 2.67 bits per heavy atom. The Labute approximate surface area is 140 Å². The van der Waals surface area contributed by atoms with Crippen LogP contribution in [0.5, 0.6) is 0 Å². The van der Waals surface area contributed by atoms with Gasteiger partial charge in [0.15, 0.2) is 11.7 Å². The number of H-pyrrole nitrogens is 1. The molecular weight excluding hydrogens is 345 g/mol. The number of aliphatic hydroxyl groups is 1. The van der Waals surface area contributed by atoms with E-state index in [1.807, 2.05) is 0 Å². The Morgan fingerprint density at radius 1 is 1.38 bits per heavy atom. The number of carbonyl (C=O) groups excluding carboxylic acids is 1. The van der Waals surface area contributed by atoms with Crippen LogP contribution in [0.1, 0.15) is 23.2 Å². The van der Waals surface area contributed by atoms with Crippen LogP contribution in [0.15, 0.2) is 22.6 Å². The summed E-state index contributed by atoms with van der Waals surface area (Å²) in [6.07, 6.45) is -6.74. The van der Waals surface area contributed by atoms with Crippen molar-refractivity contribution in [1.29, 1.82) is 0 Å². The van der Waals surface area contributed by atoms with Gasteiger partial charge in [-0.1, -0.05) is 0 Å². The molecule has 0 bridgehead atoms. The van der Waals surface area contributed by atoms with Crippen molar-refractivity contribution < 1.29 is 27.5 Å². The van der Waals surface area contributed by atoms with Crippen LogP contribution < -0.4 is 0 Å². The maximum absolute atomic E-state index is 12.6. The number of likely N-dealkylation sites (tertiary alicyclic amines) is 1. The van der Waals surface area contributed by atoms with E-state index in [0.717, 1.165) is 0 Å². The van der Waals surface area contributed by atoms with Gasteiger partial charge in [-0.15, -0.1) is 0 Å². The molecule has 130 valence electrons. The van der Waals surface area contributed by atoms with E-state index in [9.17, 15) is 23.1 Å². The molecule has 1 atom stereocenters. The number of halogens is 3. The number of rotatable bonds is 2. The summed E-state index contributed by atoms with van der Waals surface area (Å²) >= 11 is 4.88. The number of aromatic nitrogens is 1. The number of aromatic amines is 1. The Bertz CT molecular complexity index is 806. The van der Waals surface area contributed by atoms with Crippen molar-refractivity contribution in [2.75, 3.05) is 13.1 Å². The quantitative estimate of drug-likeness (QED) is 0.807. The number of nitrogens with zero attached hydrogens (tertiary/aromatic N) is 1. The van der Waals surface area contributed by atoms with Crippen LogP contribution in [0.4, 0.5) is 13.2 Å². The van der Waals surface area contributed by atoms with Gasteiger partial charge in [-0.05, 0) is 49.2 Å². The van der Waals surface area contributed by atoms with E-state index in [0.29, 0.717) is 16.7 Å². The lowest BCUT2D eigenvalue weighted by atomic mass is 9.90. The van der Waals surface area contributed by atoms with Crippen LogP contribution in [0.2, 0.25) is 0 Å². The predicted molar refractivity (Wildman–Crippen MR) is 82.1 cm³/mol. The summed E-state index contributed by atoms with van der Waals surface area (Å²) in [7, 11) is 0. The van der Waals surface area contributed by atoms with Gasteiger partial charge in [-0.3, -0.25) is 4.79 Å². The van der Waals surface area contributed by atoms with E-state index >= 15 is 0 Å². The van der Waals surface area contributed by atoms with Crippen molar-refractivity contribution >= 4 is 29.2 Å². The average molecular weight is 360 g/mol. The predicted octanol–water partition coefficient (Wildman–Crippen LogP) is 3.27. The fourth-order valence-corrected chi connectivity index (χ4v) is 3.15. The van der Waals surface area contributed by atoms with Crippen LogP contribution in [0, 0.1) is 10.8 Å². The topological polar surface area (TPSA) is 69.5 Å². The molecule has 2 heterocycles. The molecule has 1 amide bonds. The van der Waals surface area contributed by atoms with Crippen molar-refractivity contribution in [2.45, 2.75) is 25.1 Å². The molecule has 1 fully saturated rings. The normalized spacial score (nSPS) is 18.1. The van der Waals surface area contributed by atoms with Crippen molar-refractivity contribution in [3.63, 3.8) is 0 Å². The number of piperidine rings is 1. The fourth-order valence-electron chi connectivity index (χ4n) is 2.95. The largest absolute Gasteiger partial charge is 0.429 e. The molecule has 2 aromatic rings. The van der Waals surface area contributed by atoms with Gasteiger partial charge in [0.1, 0.15) is 0 Å². The number of alkyl halides is 3. The maximum Gasteiger partial charge on any atom is 0.414 e. The molecule has 9 heteroatoms. The molecule has 2 N–H and O–H groups in total. The second-order valence-electron chi connectivity index (χ2n) is 5.84. The minimum absolute atomic E-state index is 0.111. The summed E-state index contributed by atoms with van der Waals surface area (Å²) < 4.78 is 42.9. The molecule has 5 nitrogen and oxygen atoms in total. The SMILES string of the molecule is O=C(c1ccc2[nH]c(=S)oc2c1)N1CCC([C@@H](O)C(F)(F)F)CC1. The number of amides is 1. The number of oxazole rings is 1. The number of aliphatic hydroxyl groups excluding tert-OH is 1. The van der Waals surface area contributed by atoms with E-state index in [2.05, 4.69) is 4.98 Å². The molecule has 1 aromatic heterocycles. The zero-order valence-corrected chi connectivity index (χ0v) is 13.3. The first-order chi connectivity index (χ1) is 11.3. The molecule has 0 unspecified atom stereocenters. The number of hydrogen-bond acceptors (Lipinski definition) is 4. The number of carbonyl (C=O) groups is 1. The zero-order chi connectivity index (χ0) is 17.5. The maximum atomic E-state index is 12.6. The summed E-state index contributed by atoms with van der Waals surface area (Å²) in [6, 6.07) is 4.84. The van der Waals surface area contributed by atoms with E-state index < -0.39 is 18.2 Å². The fraction of sp³-hybridized carbons (Fsp3) is 0.467. The van der Waals surface area contributed by atoms with Crippen molar-refractivity contribution in [3.05, 3.63) is 28.6 Å². The smallest absolute Gasteiger partial charge is 0.414 e. The monoisotopic (exact) mass is 360 g/mol. The highest BCUT2D eigenvalue weighted by atomic mass is 32.1. The molecular formula is C15H15F3N2O3S. The molecule has 1 aliphatic heterocycles. The zero-order valence-electron chi connectivity index (χ0n) is 12.5. The summed E-state index contributed by atoms with van der Waals surface area (Å²) in [4.78, 5) is 17.0. The summed E-state index contributed by atoms with van der Waals surface area (Å²) in [5.74, 6) is -1.15. The van der Waals surface area contributed by atoms with E-state index in [1.54, 1.807) is 18.2 Å². The van der Waals surface area contributed by atoms with Crippen molar-refractivity contribution in [3.8, 4) is 0 Å². The molecule has 0 radical (unpaired) electrons. The third-order valence-electron chi connectivity index (χ3n) is 4.28. The highest BCUT2D eigenvalue weighted by molar-refractivity contribution is 7.71. The first-order valence-electron chi connectivity index (χ1n) is 7.42. The molecule has 0 aliphatic carbocycles. The van der Waals surface area contributed by atoms with E-state index in [-0.39, 0.29) is 36.7 Å². The molecule has 1 saturated heterocycles. The lowest BCUT2D eigenvalue weighted by Gasteiger charge is -2.34. The van der Waals surface area contributed by atoms with Gasteiger partial charge >= 0.3 is 6.18 Å². The number of hydrogen-bond donors (Lipinski definition) is 2. The van der Waals surface area contributed by atoms with E-state index in [1.165, 1.54) is 4.90 Å². The summed E-state index contributed by atoms with van der Waals surface area (Å²) in [5, 5.41) is 9.32. The van der Waals surface area contributed by atoms with Crippen LogP contribution in [-0.4, -0.2) is 46.3 Å². The molecule has 0 spiro atoms. The van der Waals surface area contributed by atoms with Crippen molar-refractivity contribution in [1.82, 2.24) is 9.88 Å². The Balaban J connectivity index is 1.69. The molecule has 0 saturated carbocycles. The van der Waals surface area contributed by atoms with Gasteiger partial charge in [0.2, 0.25) is 0 Å². The Hall–Kier alpha value is -1.87. The molecule has 1 aliphatic rings. The highest BCUT2D eigenvalue weighted by Gasteiger charge is 2.44. The summed E-state index contributed by atoms with van der Waals surface area (Å²) in [5.41, 5.74) is 1.51. The summed E-state index contributed by atoms with van der Waals surface area (Å²) in [6.45, 7) is 0.344. The van der Waals surface area contributed by atoms with Crippen LogP contribution in [0.3, 0.4) is 0 Å². The molecule has 24 heavy (non-hydrogen) atoms. The second kappa shape index (κ2) is 6.21. The van der Waals surface area contributed by atoms with E-state index in [4.69, 9.17) is 16.6 Å². The lowest BCUT2D eigenvalue weighted by molar-refractivity contribution is -0.222. The third kappa shape index (κ3) is 3.32. The lowest BCUT2D eigenvalue weighted by Crippen LogP contribution is -2.45.